The van der Waals surface area contributed by atoms with Crippen molar-refractivity contribution < 1.29 is 14.8 Å². The van der Waals surface area contributed by atoms with Crippen molar-refractivity contribution in [3.8, 4) is 17.6 Å². The molecular weight excluding hydrogens is 179 g/mol. The Balaban J connectivity index is 3.32. The van der Waals surface area contributed by atoms with Crippen molar-refractivity contribution in [3.05, 3.63) is 23.8 Å². The van der Waals surface area contributed by atoms with Crippen LogP contribution < -0.4 is 10.2 Å². The van der Waals surface area contributed by atoms with Crippen LogP contribution in [0.3, 0.4) is 0 Å². The highest BCUT2D eigenvalue weighted by molar-refractivity contribution is 6.60. The van der Waals surface area contributed by atoms with E-state index in [9.17, 15) is 0 Å². The van der Waals surface area contributed by atoms with Crippen LogP contribution in [-0.4, -0.2) is 24.3 Å². The van der Waals surface area contributed by atoms with Gasteiger partial charge in [-0.2, -0.15) is 0 Å². The molecule has 0 radical (unpaired) electrons. The van der Waals surface area contributed by atoms with Gasteiger partial charge in [0.2, 0.25) is 0 Å². The Morgan fingerprint density at radius 1 is 1.36 bits per heavy atom. The molecule has 0 amide bonds. The highest BCUT2D eigenvalue weighted by Gasteiger charge is 2.20. The minimum Gasteiger partial charge on any atom is -0.497 e. The molecule has 3 nitrogen and oxygen atoms in total. The Bertz CT molecular complexity index is 377. The molecule has 1 aromatic rings. The van der Waals surface area contributed by atoms with Crippen molar-refractivity contribution in [2.45, 2.75) is 6.92 Å². The van der Waals surface area contributed by atoms with Crippen LogP contribution in [0.1, 0.15) is 12.5 Å². The van der Waals surface area contributed by atoms with Crippen molar-refractivity contribution in [1.82, 2.24) is 0 Å². The first-order valence-corrected chi connectivity index (χ1v) is 4.16. The minimum absolute atomic E-state index is 0.310. The second kappa shape index (κ2) is 4.70. The number of hydrogen-bond donors (Lipinski definition) is 2. The zero-order valence-electron chi connectivity index (χ0n) is 8.11. The average molecular weight is 190 g/mol. The maximum Gasteiger partial charge on any atom is 0.493 e. The number of benzene rings is 1. The topological polar surface area (TPSA) is 49.7 Å². The largest absolute Gasteiger partial charge is 0.497 e. The summed E-state index contributed by atoms with van der Waals surface area (Å²) < 4.78 is 5.01. The van der Waals surface area contributed by atoms with Crippen LogP contribution in [0.4, 0.5) is 0 Å². The van der Waals surface area contributed by atoms with Crippen LogP contribution >= 0.6 is 0 Å². The molecule has 0 aliphatic rings. The predicted octanol–water partition coefficient (Wildman–Crippen LogP) is -0.254. The maximum atomic E-state index is 9.15. The van der Waals surface area contributed by atoms with Gasteiger partial charge in [-0.05, 0) is 19.1 Å². The molecule has 4 heteroatoms. The molecule has 1 aromatic carbocycles. The van der Waals surface area contributed by atoms with E-state index in [-0.39, 0.29) is 0 Å². The molecule has 2 N–H and O–H groups in total. The number of rotatable bonds is 2. The minimum atomic E-state index is -1.57. The van der Waals surface area contributed by atoms with E-state index in [1.165, 1.54) is 7.11 Å². The van der Waals surface area contributed by atoms with Crippen molar-refractivity contribution in [1.29, 1.82) is 0 Å². The van der Waals surface area contributed by atoms with Gasteiger partial charge in [-0.1, -0.05) is 12.0 Å². The fourth-order valence-electron chi connectivity index (χ4n) is 1.23. The van der Waals surface area contributed by atoms with Gasteiger partial charge >= 0.3 is 7.12 Å². The summed E-state index contributed by atoms with van der Waals surface area (Å²) in [5.41, 5.74) is 0.881. The summed E-state index contributed by atoms with van der Waals surface area (Å²) in [5.74, 6) is 5.92. The predicted molar refractivity (Wildman–Crippen MR) is 55.4 cm³/mol. The lowest BCUT2D eigenvalue weighted by atomic mass is 9.76. The van der Waals surface area contributed by atoms with Crippen molar-refractivity contribution in [2.75, 3.05) is 7.11 Å². The highest BCUT2D eigenvalue weighted by Crippen LogP contribution is 2.09. The van der Waals surface area contributed by atoms with Gasteiger partial charge in [0.05, 0.1) is 7.11 Å². The second-order valence-electron chi connectivity index (χ2n) is 2.67. The van der Waals surface area contributed by atoms with Crippen molar-refractivity contribution in [2.24, 2.45) is 0 Å². The zero-order chi connectivity index (χ0) is 10.6. The normalized spacial score (nSPS) is 8.86. The van der Waals surface area contributed by atoms with Crippen LogP contribution in [0.15, 0.2) is 18.2 Å². The lowest BCUT2D eigenvalue weighted by Crippen LogP contribution is -2.33. The van der Waals surface area contributed by atoms with Crippen LogP contribution in [0.25, 0.3) is 0 Å². The lowest BCUT2D eigenvalue weighted by Gasteiger charge is -2.09. The Morgan fingerprint density at radius 3 is 2.57 bits per heavy atom. The Kier molecular flexibility index (Phi) is 3.58. The molecule has 0 bridgehead atoms. The molecule has 1 rings (SSSR count). The Hall–Kier alpha value is -1.44. The summed E-state index contributed by atoms with van der Waals surface area (Å²) in [6.45, 7) is 1.69. The van der Waals surface area contributed by atoms with E-state index in [4.69, 9.17) is 14.8 Å². The molecule has 0 heterocycles. The highest BCUT2D eigenvalue weighted by atomic mass is 16.5. The first-order valence-electron chi connectivity index (χ1n) is 4.16. The van der Waals surface area contributed by atoms with Crippen LogP contribution in [-0.2, 0) is 0 Å². The first-order chi connectivity index (χ1) is 6.70. The molecule has 72 valence electrons. The van der Waals surface area contributed by atoms with Gasteiger partial charge in [0.25, 0.3) is 0 Å². The van der Waals surface area contributed by atoms with E-state index >= 15 is 0 Å². The third-order valence-electron chi connectivity index (χ3n) is 1.80. The molecular formula is C10H11BO3. The van der Waals surface area contributed by atoms with E-state index in [1.807, 2.05) is 0 Å². The third kappa shape index (κ3) is 2.08. The quantitative estimate of drug-likeness (QED) is 0.499. The summed E-state index contributed by atoms with van der Waals surface area (Å²) in [5, 5.41) is 18.3. The molecule has 0 spiro atoms. The summed E-state index contributed by atoms with van der Waals surface area (Å²) in [4.78, 5) is 0. The third-order valence-corrected chi connectivity index (χ3v) is 1.80. The maximum absolute atomic E-state index is 9.15. The summed E-state index contributed by atoms with van der Waals surface area (Å²) >= 11 is 0. The summed E-state index contributed by atoms with van der Waals surface area (Å²) in [6, 6.07) is 5.13. The van der Waals surface area contributed by atoms with Gasteiger partial charge in [-0.25, -0.2) is 0 Å². The van der Waals surface area contributed by atoms with Gasteiger partial charge in [0.15, 0.2) is 0 Å². The van der Waals surface area contributed by atoms with Crippen LogP contribution in [0.5, 0.6) is 5.75 Å². The van der Waals surface area contributed by atoms with Crippen molar-refractivity contribution in [3.63, 3.8) is 0 Å². The monoisotopic (exact) mass is 190 g/mol. The summed E-state index contributed by atoms with van der Waals surface area (Å²) in [6.07, 6.45) is 0. The molecule has 14 heavy (non-hydrogen) atoms. The zero-order valence-corrected chi connectivity index (χ0v) is 8.11. The molecule has 0 saturated heterocycles. The molecule has 0 unspecified atom stereocenters. The smallest absolute Gasteiger partial charge is 0.493 e. The van der Waals surface area contributed by atoms with Gasteiger partial charge < -0.3 is 14.8 Å². The fraction of sp³-hybridized carbons (Fsp3) is 0.200. The molecule has 0 aliphatic heterocycles. The molecule has 0 saturated carbocycles. The molecule has 0 fully saturated rings. The van der Waals surface area contributed by atoms with E-state index in [1.54, 1.807) is 25.1 Å². The molecule has 0 aliphatic carbocycles. The second-order valence-corrected chi connectivity index (χ2v) is 2.67. The van der Waals surface area contributed by atoms with E-state index in [0.29, 0.717) is 16.8 Å². The Morgan fingerprint density at radius 2 is 2.07 bits per heavy atom. The van der Waals surface area contributed by atoms with E-state index in [0.717, 1.165) is 0 Å². The molecule has 0 atom stereocenters. The van der Waals surface area contributed by atoms with Crippen molar-refractivity contribution >= 4 is 12.6 Å². The van der Waals surface area contributed by atoms with Crippen LogP contribution in [0, 0.1) is 11.8 Å². The van der Waals surface area contributed by atoms with E-state index in [2.05, 4.69) is 11.8 Å². The standard InChI is InChI=1S/C10H11BO3/c1-3-5-8-6-4-7-9(14-2)10(8)11(12)13/h4,6-7,12-13H,1-2H3. The van der Waals surface area contributed by atoms with Gasteiger partial charge in [-0.15, -0.1) is 5.92 Å². The van der Waals surface area contributed by atoms with Gasteiger partial charge in [-0.3, -0.25) is 0 Å². The number of ether oxygens (including phenoxy) is 1. The average Bonchev–Trinajstić information content (AvgIpc) is 2.17. The SMILES string of the molecule is CC#Cc1cccc(OC)c1B(O)O. The van der Waals surface area contributed by atoms with Gasteiger partial charge in [0, 0.05) is 11.0 Å². The lowest BCUT2D eigenvalue weighted by molar-refractivity contribution is 0.403. The van der Waals surface area contributed by atoms with Crippen LogP contribution in [0.2, 0.25) is 0 Å². The summed E-state index contributed by atoms with van der Waals surface area (Å²) in [7, 11) is -0.0910. The Labute approximate surface area is 83.5 Å². The first kappa shape index (κ1) is 10.6. The van der Waals surface area contributed by atoms with Gasteiger partial charge in [0.1, 0.15) is 5.75 Å². The molecule has 0 aromatic heterocycles. The number of hydrogen-bond acceptors (Lipinski definition) is 3. The fourth-order valence-corrected chi connectivity index (χ4v) is 1.23. The van der Waals surface area contributed by atoms with E-state index < -0.39 is 7.12 Å². The number of methoxy groups -OCH3 is 1.